The fourth-order valence-electron chi connectivity index (χ4n) is 2.46. The summed E-state index contributed by atoms with van der Waals surface area (Å²) in [5.41, 5.74) is 3.46. The maximum absolute atomic E-state index is 5.45. The van der Waals surface area contributed by atoms with Gasteiger partial charge in [0.2, 0.25) is 0 Å². The van der Waals surface area contributed by atoms with Crippen LogP contribution in [0.15, 0.2) is 21.2 Å². The molecule has 1 N–H and O–H groups in total. The average molecular weight is 340 g/mol. The standard InChI is InChI=1S/C15H22BrN3O/c1-5-7-17-13(12-6-8-20-11(12)3)9-14-15(16)10(2)18-19(14)4/h6,8,13,17H,5,7,9H2,1-4H3. The molecular weight excluding hydrogens is 318 g/mol. The van der Waals surface area contributed by atoms with Crippen molar-refractivity contribution < 1.29 is 4.42 Å². The van der Waals surface area contributed by atoms with E-state index in [1.165, 1.54) is 11.3 Å². The number of halogens is 1. The summed E-state index contributed by atoms with van der Waals surface area (Å²) < 4.78 is 8.51. The highest BCUT2D eigenvalue weighted by atomic mass is 79.9. The minimum absolute atomic E-state index is 0.250. The molecule has 0 aliphatic heterocycles. The van der Waals surface area contributed by atoms with Crippen LogP contribution in [0.4, 0.5) is 0 Å². The lowest BCUT2D eigenvalue weighted by molar-refractivity contribution is 0.485. The van der Waals surface area contributed by atoms with Crippen molar-refractivity contribution in [2.24, 2.45) is 7.05 Å². The van der Waals surface area contributed by atoms with Gasteiger partial charge in [0.1, 0.15) is 5.76 Å². The lowest BCUT2D eigenvalue weighted by Gasteiger charge is -2.18. The number of furan rings is 1. The second kappa shape index (κ2) is 6.59. The minimum atomic E-state index is 0.250. The lowest BCUT2D eigenvalue weighted by Crippen LogP contribution is -2.25. The van der Waals surface area contributed by atoms with Crippen LogP contribution >= 0.6 is 15.9 Å². The van der Waals surface area contributed by atoms with Crippen molar-refractivity contribution in [3.63, 3.8) is 0 Å². The molecule has 2 heterocycles. The van der Waals surface area contributed by atoms with Crippen LogP contribution in [0.25, 0.3) is 0 Å². The molecule has 2 aromatic rings. The summed E-state index contributed by atoms with van der Waals surface area (Å²) in [6.07, 6.45) is 3.76. The van der Waals surface area contributed by atoms with Crippen LogP contribution < -0.4 is 5.32 Å². The van der Waals surface area contributed by atoms with Gasteiger partial charge in [0.05, 0.1) is 22.1 Å². The Hall–Kier alpha value is -1.07. The van der Waals surface area contributed by atoms with E-state index in [0.29, 0.717) is 0 Å². The molecule has 1 atom stereocenters. The van der Waals surface area contributed by atoms with Gasteiger partial charge < -0.3 is 9.73 Å². The summed E-state index contributed by atoms with van der Waals surface area (Å²) in [5, 5.41) is 8.07. The van der Waals surface area contributed by atoms with E-state index in [-0.39, 0.29) is 6.04 Å². The third kappa shape index (κ3) is 3.15. The van der Waals surface area contributed by atoms with Gasteiger partial charge in [-0.05, 0) is 48.8 Å². The Labute approximate surface area is 128 Å². The van der Waals surface area contributed by atoms with Crippen LogP contribution in [-0.4, -0.2) is 16.3 Å². The Morgan fingerprint density at radius 1 is 1.45 bits per heavy atom. The van der Waals surface area contributed by atoms with Gasteiger partial charge in [0.25, 0.3) is 0 Å². The van der Waals surface area contributed by atoms with Crippen LogP contribution in [0.3, 0.4) is 0 Å². The maximum atomic E-state index is 5.45. The largest absolute Gasteiger partial charge is 0.469 e. The van der Waals surface area contributed by atoms with Gasteiger partial charge in [-0.25, -0.2) is 0 Å². The van der Waals surface area contributed by atoms with Gasteiger partial charge in [-0.3, -0.25) is 4.68 Å². The Morgan fingerprint density at radius 3 is 2.70 bits per heavy atom. The summed E-state index contributed by atoms with van der Waals surface area (Å²) in [4.78, 5) is 0. The van der Waals surface area contributed by atoms with Crippen molar-refractivity contribution in [1.29, 1.82) is 0 Å². The van der Waals surface area contributed by atoms with Crippen LogP contribution in [0.2, 0.25) is 0 Å². The molecule has 0 spiro atoms. The molecule has 0 bridgehead atoms. The fraction of sp³-hybridized carbons (Fsp3) is 0.533. The minimum Gasteiger partial charge on any atom is -0.469 e. The molecule has 2 rings (SSSR count). The number of aromatic nitrogens is 2. The maximum Gasteiger partial charge on any atom is 0.105 e. The Bertz CT molecular complexity index is 574. The summed E-state index contributed by atoms with van der Waals surface area (Å²) >= 11 is 3.64. The van der Waals surface area contributed by atoms with Crippen molar-refractivity contribution in [2.75, 3.05) is 6.54 Å². The highest BCUT2D eigenvalue weighted by Crippen LogP contribution is 2.27. The molecule has 1 unspecified atom stereocenters. The molecule has 2 aromatic heterocycles. The number of nitrogens with one attached hydrogen (secondary N) is 1. The zero-order valence-corrected chi connectivity index (χ0v) is 14.1. The molecule has 5 heteroatoms. The van der Waals surface area contributed by atoms with Crippen molar-refractivity contribution in [3.8, 4) is 0 Å². The predicted molar refractivity (Wildman–Crippen MR) is 83.8 cm³/mol. The molecule has 0 saturated heterocycles. The zero-order chi connectivity index (χ0) is 14.7. The third-order valence-electron chi connectivity index (χ3n) is 3.57. The number of rotatable bonds is 6. The second-order valence-corrected chi connectivity index (χ2v) is 5.91. The van der Waals surface area contributed by atoms with Crippen molar-refractivity contribution in [3.05, 3.63) is 39.5 Å². The van der Waals surface area contributed by atoms with E-state index in [2.05, 4.69) is 39.3 Å². The SMILES string of the molecule is CCCNC(Cc1c(Br)c(C)nn1C)c1ccoc1C. The summed E-state index contributed by atoms with van der Waals surface area (Å²) in [7, 11) is 1.99. The van der Waals surface area contributed by atoms with E-state index in [1.807, 2.05) is 25.6 Å². The number of hydrogen-bond donors (Lipinski definition) is 1. The molecule has 0 saturated carbocycles. The molecule has 0 radical (unpaired) electrons. The molecular formula is C15H22BrN3O. The first-order chi connectivity index (χ1) is 9.54. The van der Waals surface area contributed by atoms with E-state index in [1.54, 1.807) is 6.26 Å². The molecule has 4 nitrogen and oxygen atoms in total. The van der Waals surface area contributed by atoms with E-state index in [4.69, 9.17) is 4.42 Å². The van der Waals surface area contributed by atoms with Crippen LogP contribution in [-0.2, 0) is 13.5 Å². The summed E-state index contributed by atoms with van der Waals surface area (Å²) in [6, 6.07) is 2.31. The Kier molecular flexibility index (Phi) is 5.05. The summed E-state index contributed by atoms with van der Waals surface area (Å²) in [5.74, 6) is 0.980. The molecule has 0 aromatic carbocycles. The fourth-order valence-corrected chi connectivity index (χ4v) is 2.96. The topological polar surface area (TPSA) is 43.0 Å². The van der Waals surface area contributed by atoms with Crippen molar-refractivity contribution in [2.45, 2.75) is 39.7 Å². The highest BCUT2D eigenvalue weighted by molar-refractivity contribution is 9.10. The molecule has 0 aliphatic rings. The first-order valence-electron chi connectivity index (χ1n) is 7.00. The first-order valence-corrected chi connectivity index (χ1v) is 7.79. The molecule has 20 heavy (non-hydrogen) atoms. The smallest absolute Gasteiger partial charge is 0.105 e. The van der Waals surface area contributed by atoms with Gasteiger partial charge in [-0.2, -0.15) is 5.10 Å². The van der Waals surface area contributed by atoms with Crippen molar-refractivity contribution in [1.82, 2.24) is 15.1 Å². The normalized spacial score (nSPS) is 12.8. The summed E-state index contributed by atoms with van der Waals surface area (Å²) in [6.45, 7) is 7.20. The van der Waals surface area contributed by atoms with Gasteiger partial charge in [-0.1, -0.05) is 6.92 Å². The number of nitrogens with zero attached hydrogens (tertiary/aromatic N) is 2. The van der Waals surface area contributed by atoms with Crippen LogP contribution in [0.1, 0.15) is 42.1 Å². The third-order valence-corrected chi connectivity index (χ3v) is 4.61. The molecule has 0 aliphatic carbocycles. The van der Waals surface area contributed by atoms with E-state index in [0.717, 1.165) is 35.3 Å². The van der Waals surface area contributed by atoms with Gasteiger partial charge in [0, 0.05) is 25.1 Å². The Morgan fingerprint density at radius 2 is 2.20 bits per heavy atom. The van der Waals surface area contributed by atoms with E-state index < -0.39 is 0 Å². The number of hydrogen-bond acceptors (Lipinski definition) is 3. The average Bonchev–Trinajstić information content (AvgIpc) is 2.93. The van der Waals surface area contributed by atoms with Crippen LogP contribution in [0.5, 0.6) is 0 Å². The first kappa shape index (κ1) is 15.3. The second-order valence-electron chi connectivity index (χ2n) is 5.11. The van der Waals surface area contributed by atoms with Gasteiger partial charge in [0.15, 0.2) is 0 Å². The lowest BCUT2D eigenvalue weighted by atomic mass is 10.0. The zero-order valence-electron chi connectivity index (χ0n) is 12.5. The molecule has 0 amide bonds. The molecule has 0 fully saturated rings. The van der Waals surface area contributed by atoms with E-state index in [9.17, 15) is 0 Å². The van der Waals surface area contributed by atoms with E-state index >= 15 is 0 Å². The number of aryl methyl sites for hydroxylation is 3. The highest BCUT2D eigenvalue weighted by Gasteiger charge is 2.20. The van der Waals surface area contributed by atoms with Gasteiger partial charge in [-0.15, -0.1) is 0 Å². The van der Waals surface area contributed by atoms with Crippen LogP contribution in [0, 0.1) is 13.8 Å². The monoisotopic (exact) mass is 339 g/mol. The van der Waals surface area contributed by atoms with Gasteiger partial charge >= 0.3 is 0 Å². The van der Waals surface area contributed by atoms with Crippen molar-refractivity contribution >= 4 is 15.9 Å². The quantitative estimate of drug-likeness (QED) is 0.872. The predicted octanol–water partition coefficient (Wildman–Crippen LogP) is 3.68. The molecule has 110 valence electrons. The Balaban J connectivity index is 2.26.